The van der Waals surface area contributed by atoms with Crippen LogP contribution in [0, 0.1) is 5.41 Å². The molecule has 1 aromatic heterocycles. The summed E-state index contributed by atoms with van der Waals surface area (Å²) in [6, 6.07) is 14.6. The Morgan fingerprint density at radius 1 is 1.05 bits per heavy atom. The number of rotatable bonds is 6. The smallest absolute Gasteiger partial charge is 0.408 e. The number of fused-ring (bicyclic) bond motifs is 2. The van der Waals surface area contributed by atoms with Gasteiger partial charge in [0.25, 0.3) is 0 Å². The number of hydrogen-bond donors (Lipinski definition) is 4. The maximum absolute atomic E-state index is 14.3. The van der Waals surface area contributed by atoms with E-state index >= 15 is 0 Å². The van der Waals surface area contributed by atoms with Crippen molar-refractivity contribution in [1.29, 1.82) is 0 Å². The second-order valence-corrected chi connectivity index (χ2v) is 13.3. The molecule has 1 unspecified atom stereocenters. The van der Waals surface area contributed by atoms with E-state index in [1.807, 2.05) is 54.7 Å². The lowest BCUT2D eigenvalue weighted by molar-refractivity contribution is -0.143. The molecule has 3 aromatic rings. The number of para-hydroxylation sites is 2. The number of nitrogens with zero attached hydrogens (tertiary/aromatic N) is 1. The van der Waals surface area contributed by atoms with Crippen LogP contribution in [0.4, 0.5) is 10.5 Å². The van der Waals surface area contributed by atoms with E-state index in [0.29, 0.717) is 25.8 Å². The Hall–Kier alpha value is -4.34. The SMILES string of the molecule is CC(C)(C)OC(=O)NC(C)(C)C(=O)N[C@H](Cc1c[nH]c2ccccc12)C(=O)N1CCCC2(Cc3ccccc3NC2=O)C1. The average Bonchev–Trinajstić information content (AvgIpc) is 3.34. The van der Waals surface area contributed by atoms with Crippen LogP contribution in [0.1, 0.15) is 58.6 Å². The van der Waals surface area contributed by atoms with Gasteiger partial charge in [-0.2, -0.15) is 0 Å². The first kappa shape index (κ1) is 30.1. The van der Waals surface area contributed by atoms with Crippen molar-refractivity contribution in [2.24, 2.45) is 5.41 Å². The summed E-state index contributed by atoms with van der Waals surface area (Å²) < 4.78 is 5.36. The van der Waals surface area contributed by atoms with Crippen LogP contribution in [0.25, 0.3) is 10.9 Å². The van der Waals surface area contributed by atoms with Crippen LogP contribution in [-0.2, 0) is 32.0 Å². The average molecular weight is 588 g/mol. The second kappa shape index (κ2) is 11.4. The number of hydrogen-bond acceptors (Lipinski definition) is 5. The third-order valence-electron chi connectivity index (χ3n) is 8.25. The van der Waals surface area contributed by atoms with Gasteiger partial charge in [0.15, 0.2) is 0 Å². The van der Waals surface area contributed by atoms with Crippen LogP contribution in [0.5, 0.6) is 0 Å². The van der Waals surface area contributed by atoms with Gasteiger partial charge in [0.1, 0.15) is 17.2 Å². The van der Waals surface area contributed by atoms with E-state index in [1.165, 1.54) is 0 Å². The summed E-state index contributed by atoms with van der Waals surface area (Å²) in [6.07, 6.45) is 3.24. The van der Waals surface area contributed by atoms with Crippen molar-refractivity contribution >= 4 is 40.4 Å². The van der Waals surface area contributed by atoms with Gasteiger partial charge in [-0.3, -0.25) is 14.4 Å². The number of carbonyl (C=O) groups excluding carboxylic acids is 4. The molecular formula is C33H41N5O5. The minimum Gasteiger partial charge on any atom is -0.444 e. The van der Waals surface area contributed by atoms with Gasteiger partial charge in [-0.25, -0.2) is 4.79 Å². The fourth-order valence-electron chi connectivity index (χ4n) is 6.04. The molecule has 0 radical (unpaired) electrons. The standard InChI is InChI=1S/C33H41N5O5/c1-31(2,3)43-30(42)37-32(4,5)28(40)36-26(17-22-19-34-25-14-9-7-12-23(22)25)27(39)38-16-10-15-33(20-38)18-21-11-6-8-13-24(21)35-29(33)41/h6-9,11-14,19,26,34H,10,15-18,20H2,1-5H3,(H,35,41)(H,36,40)(H,37,42)/t26-,33?/m1/s1. The first-order valence-corrected chi connectivity index (χ1v) is 14.8. The van der Waals surface area contributed by atoms with E-state index in [4.69, 9.17) is 4.74 Å². The maximum Gasteiger partial charge on any atom is 0.408 e. The summed E-state index contributed by atoms with van der Waals surface area (Å²) in [7, 11) is 0. The summed E-state index contributed by atoms with van der Waals surface area (Å²) in [5, 5.41) is 9.56. The molecule has 3 heterocycles. The van der Waals surface area contributed by atoms with Gasteiger partial charge in [0.2, 0.25) is 17.7 Å². The van der Waals surface area contributed by atoms with E-state index in [-0.39, 0.29) is 24.8 Å². The highest BCUT2D eigenvalue weighted by atomic mass is 16.6. The molecule has 0 aliphatic carbocycles. The van der Waals surface area contributed by atoms with Crippen LogP contribution < -0.4 is 16.0 Å². The summed E-state index contributed by atoms with van der Waals surface area (Å²) in [5.41, 5.74) is 0.827. The molecule has 10 nitrogen and oxygen atoms in total. The number of alkyl carbamates (subject to hydrolysis) is 1. The number of anilines is 1. The van der Waals surface area contributed by atoms with Crippen molar-refractivity contribution in [2.75, 3.05) is 18.4 Å². The molecule has 10 heteroatoms. The van der Waals surface area contributed by atoms with Gasteiger partial charge in [-0.05, 0) is 77.1 Å². The van der Waals surface area contributed by atoms with Gasteiger partial charge >= 0.3 is 6.09 Å². The van der Waals surface area contributed by atoms with Crippen molar-refractivity contribution < 1.29 is 23.9 Å². The summed E-state index contributed by atoms with van der Waals surface area (Å²) in [5.74, 6) is -0.867. The number of aromatic amines is 1. The van der Waals surface area contributed by atoms with E-state index in [9.17, 15) is 19.2 Å². The Bertz CT molecular complexity index is 1550. The van der Waals surface area contributed by atoms with Crippen LogP contribution in [0.2, 0.25) is 0 Å². The number of aromatic nitrogens is 1. The molecule has 0 bridgehead atoms. The molecule has 1 saturated heterocycles. The van der Waals surface area contributed by atoms with Crippen LogP contribution in [0.3, 0.4) is 0 Å². The Morgan fingerprint density at radius 3 is 2.53 bits per heavy atom. The number of carbonyl (C=O) groups is 4. The monoisotopic (exact) mass is 587 g/mol. The highest BCUT2D eigenvalue weighted by molar-refractivity contribution is 5.99. The third-order valence-corrected chi connectivity index (χ3v) is 8.25. The molecule has 2 aromatic carbocycles. The Labute approximate surface area is 251 Å². The number of likely N-dealkylation sites (tertiary alicyclic amines) is 1. The normalized spacial score (nSPS) is 19.4. The van der Waals surface area contributed by atoms with Crippen LogP contribution in [-0.4, -0.2) is 64.0 Å². The summed E-state index contributed by atoms with van der Waals surface area (Å²) >= 11 is 0. The topological polar surface area (TPSA) is 133 Å². The predicted octanol–water partition coefficient (Wildman–Crippen LogP) is 4.30. The fourth-order valence-corrected chi connectivity index (χ4v) is 6.04. The molecule has 43 heavy (non-hydrogen) atoms. The van der Waals surface area contributed by atoms with Crippen molar-refractivity contribution in [1.82, 2.24) is 20.5 Å². The van der Waals surface area contributed by atoms with Crippen molar-refractivity contribution in [2.45, 2.75) is 77.5 Å². The molecule has 4 amide bonds. The Morgan fingerprint density at radius 2 is 1.77 bits per heavy atom. The molecule has 228 valence electrons. The number of piperidine rings is 1. The van der Waals surface area contributed by atoms with Gasteiger partial charge in [-0.1, -0.05) is 36.4 Å². The molecule has 2 aliphatic heterocycles. The largest absolute Gasteiger partial charge is 0.444 e. The number of benzene rings is 2. The van der Waals surface area contributed by atoms with E-state index in [2.05, 4.69) is 20.9 Å². The van der Waals surface area contributed by atoms with Crippen LogP contribution in [0.15, 0.2) is 54.7 Å². The number of nitrogens with one attached hydrogen (secondary N) is 4. The van der Waals surface area contributed by atoms with Gasteiger partial charge in [-0.15, -0.1) is 0 Å². The Balaban J connectivity index is 1.39. The Kier molecular flexibility index (Phi) is 7.98. The zero-order valence-electron chi connectivity index (χ0n) is 25.5. The number of H-pyrrole nitrogens is 1. The first-order valence-electron chi connectivity index (χ1n) is 14.8. The van der Waals surface area contributed by atoms with E-state index < -0.39 is 34.6 Å². The molecule has 0 saturated carbocycles. The van der Waals surface area contributed by atoms with E-state index in [1.54, 1.807) is 39.5 Å². The van der Waals surface area contributed by atoms with Gasteiger partial charge in [0, 0.05) is 42.3 Å². The molecule has 5 rings (SSSR count). The van der Waals surface area contributed by atoms with Crippen LogP contribution >= 0.6 is 0 Å². The van der Waals surface area contributed by atoms with Crippen molar-refractivity contribution in [3.63, 3.8) is 0 Å². The third kappa shape index (κ3) is 6.53. The number of ether oxygens (including phenoxy) is 1. The lowest BCUT2D eigenvalue weighted by Gasteiger charge is -2.45. The quantitative estimate of drug-likeness (QED) is 0.341. The molecule has 2 atom stereocenters. The van der Waals surface area contributed by atoms with E-state index in [0.717, 1.165) is 27.7 Å². The first-order chi connectivity index (χ1) is 20.3. The number of amides is 4. The molecule has 1 spiro atoms. The zero-order chi connectivity index (χ0) is 31.0. The van der Waals surface area contributed by atoms with Gasteiger partial charge < -0.3 is 30.6 Å². The summed E-state index contributed by atoms with van der Waals surface area (Å²) in [4.78, 5) is 58.8. The minimum atomic E-state index is -1.36. The highest BCUT2D eigenvalue weighted by Gasteiger charge is 2.47. The second-order valence-electron chi connectivity index (χ2n) is 13.3. The molecular weight excluding hydrogens is 546 g/mol. The molecule has 2 aliphatic rings. The lowest BCUT2D eigenvalue weighted by Crippen LogP contribution is -2.62. The highest BCUT2D eigenvalue weighted by Crippen LogP contribution is 2.40. The molecule has 1 fully saturated rings. The van der Waals surface area contributed by atoms with Crippen molar-refractivity contribution in [3.05, 3.63) is 65.9 Å². The molecule has 4 N–H and O–H groups in total. The summed E-state index contributed by atoms with van der Waals surface area (Å²) in [6.45, 7) is 9.10. The predicted molar refractivity (Wildman–Crippen MR) is 164 cm³/mol. The maximum atomic E-state index is 14.3. The minimum absolute atomic E-state index is 0.0800. The van der Waals surface area contributed by atoms with Crippen molar-refractivity contribution in [3.8, 4) is 0 Å². The fraction of sp³-hybridized carbons (Fsp3) is 0.455. The lowest BCUT2D eigenvalue weighted by atomic mass is 9.72. The van der Waals surface area contributed by atoms with Gasteiger partial charge in [0.05, 0.1) is 5.41 Å². The zero-order valence-corrected chi connectivity index (χ0v) is 25.5.